The Balaban J connectivity index is 1.74. The highest BCUT2D eigenvalue weighted by molar-refractivity contribution is 7.22. The molecule has 0 aliphatic heterocycles. The van der Waals surface area contributed by atoms with Crippen LogP contribution in [0.5, 0.6) is 5.75 Å². The van der Waals surface area contributed by atoms with Crippen LogP contribution < -0.4 is 10.1 Å². The normalized spacial score (nSPS) is 10.8. The zero-order valence-electron chi connectivity index (χ0n) is 15.8. The minimum absolute atomic E-state index is 0.245. The molecular formula is C22H19N3O2S. The van der Waals surface area contributed by atoms with Gasteiger partial charge in [0.25, 0.3) is 5.91 Å². The molecule has 2 aromatic carbocycles. The number of methoxy groups -OCH3 is 1. The molecule has 28 heavy (non-hydrogen) atoms. The number of aryl methyl sites for hydroxylation is 2. The number of amides is 1. The van der Waals surface area contributed by atoms with Gasteiger partial charge in [0.05, 0.1) is 22.9 Å². The number of fused-ring (bicyclic) bond motifs is 1. The number of para-hydroxylation sites is 1. The Labute approximate surface area is 167 Å². The molecule has 1 amide bonds. The summed E-state index contributed by atoms with van der Waals surface area (Å²) in [4.78, 5) is 21.9. The Hall–Kier alpha value is -3.25. The Morgan fingerprint density at radius 1 is 1.07 bits per heavy atom. The smallest absolute Gasteiger partial charge is 0.259 e. The Kier molecular flexibility index (Phi) is 4.79. The lowest BCUT2D eigenvalue weighted by molar-refractivity contribution is 0.102. The molecule has 6 heteroatoms. The van der Waals surface area contributed by atoms with Gasteiger partial charge in [-0.15, -0.1) is 0 Å². The monoisotopic (exact) mass is 389 g/mol. The van der Waals surface area contributed by atoms with Gasteiger partial charge in [-0.1, -0.05) is 41.7 Å². The van der Waals surface area contributed by atoms with E-state index in [1.54, 1.807) is 13.3 Å². The summed E-state index contributed by atoms with van der Waals surface area (Å²) in [6.07, 6.45) is 1.60. The Morgan fingerprint density at radius 3 is 2.68 bits per heavy atom. The number of nitrogens with zero attached hydrogens (tertiary/aromatic N) is 2. The lowest BCUT2D eigenvalue weighted by Gasteiger charge is -2.13. The van der Waals surface area contributed by atoms with Gasteiger partial charge >= 0.3 is 0 Å². The van der Waals surface area contributed by atoms with E-state index < -0.39 is 0 Å². The number of carbonyl (C=O) groups excluding carboxylic acids is 1. The van der Waals surface area contributed by atoms with Crippen molar-refractivity contribution in [1.82, 2.24) is 9.97 Å². The fraction of sp³-hybridized carbons (Fsp3) is 0.136. The molecule has 2 heterocycles. The van der Waals surface area contributed by atoms with Crippen LogP contribution in [0.15, 0.2) is 54.7 Å². The number of hydrogen-bond acceptors (Lipinski definition) is 5. The molecule has 4 aromatic rings. The minimum atomic E-state index is -0.245. The highest BCUT2D eigenvalue weighted by atomic mass is 32.1. The fourth-order valence-electron chi connectivity index (χ4n) is 3.14. The summed E-state index contributed by atoms with van der Waals surface area (Å²) in [5, 5.41) is 3.50. The summed E-state index contributed by atoms with van der Waals surface area (Å²) in [7, 11) is 1.62. The number of benzene rings is 2. The van der Waals surface area contributed by atoms with Crippen molar-refractivity contribution in [2.75, 3.05) is 12.4 Å². The first-order valence-electron chi connectivity index (χ1n) is 8.84. The standard InChI is InChI=1S/C22H19N3O2S/c1-13-7-6-9-18-20(13)28-22(24-18)25-21(26)17-12-23-14(2)11-16(17)15-8-4-5-10-19(15)27-3/h4-12H,1-3H3,(H,24,25,26). The number of thiazole rings is 1. The van der Waals surface area contributed by atoms with Crippen molar-refractivity contribution < 1.29 is 9.53 Å². The summed E-state index contributed by atoms with van der Waals surface area (Å²) in [5.74, 6) is 0.461. The number of nitrogens with one attached hydrogen (secondary N) is 1. The van der Waals surface area contributed by atoms with Crippen molar-refractivity contribution in [2.45, 2.75) is 13.8 Å². The molecule has 0 unspecified atom stereocenters. The second-order valence-electron chi connectivity index (χ2n) is 6.47. The third-order valence-electron chi connectivity index (χ3n) is 4.51. The molecule has 0 saturated heterocycles. The average molecular weight is 389 g/mol. The van der Waals surface area contributed by atoms with E-state index in [0.717, 1.165) is 32.6 Å². The number of pyridine rings is 1. The van der Waals surface area contributed by atoms with Crippen LogP contribution in [0.4, 0.5) is 5.13 Å². The first kappa shape index (κ1) is 18.1. The summed E-state index contributed by atoms with van der Waals surface area (Å²) >= 11 is 1.47. The molecule has 0 bridgehead atoms. The van der Waals surface area contributed by atoms with E-state index in [-0.39, 0.29) is 5.91 Å². The van der Waals surface area contributed by atoms with E-state index in [1.807, 2.05) is 62.4 Å². The highest BCUT2D eigenvalue weighted by Gasteiger charge is 2.18. The zero-order chi connectivity index (χ0) is 19.7. The maximum Gasteiger partial charge on any atom is 0.259 e. The molecule has 0 spiro atoms. The van der Waals surface area contributed by atoms with Crippen molar-refractivity contribution in [3.05, 3.63) is 71.5 Å². The maximum atomic E-state index is 13.1. The third-order valence-corrected chi connectivity index (χ3v) is 5.64. The van der Waals surface area contributed by atoms with Gasteiger partial charge in [-0.2, -0.15) is 0 Å². The van der Waals surface area contributed by atoms with Crippen LogP contribution in [0.2, 0.25) is 0 Å². The van der Waals surface area contributed by atoms with E-state index in [4.69, 9.17) is 4.74 Å². The molecule has 140 valence electrons. The predicted octanol–water partition coefficient (Wildman–Crippen LogP) is 5.24. The van der Waals surface area contributed by atoms with Crippen molar-refractivity contribution >= 4 is 32.6 Å². The van der Waals surface area contributed by atoms with Gasteiger partial charge in [0.2, 0.25) is 0 Å². The van der Waals surface area contributed by atoms with Crippen LogP contribution in [-0.4, -0.2) is 23.0 Å². The summed E-state index contributed by atoms with van der Waals surface area (Å²) < 4.78 is 6.56. The minimum Gasteiger partial charge on any atom is -0.496 e. The van der Waals surface area contributed by atoms with Gasteiger partial charge < -0.3 is 4.74 Å². The van der Waals surface area contributed by atoms with Crippen LogP contribution in [0.3, 0.4) is 0 Å². The van der Waals surface area contributed by atoms with Crippen LogP contribution >= 0.6 is 11.3 Å². The van der Waals surface area contributed by atoms with Crippen LogP contribution in [0, 0.1) is 13.8 Å². The van der Waals surface area contributed by atoms with Gasteiger partial charge in [-0.25, -0.2) is 4.98 Å². The summed E-state index contributed by atoms with van der Waals surface area (Å²) in [6, 6.07) is 15.5. The highest BCUT2D eigenvalue weighted by Crippen LogP contribution is 2.33. The number of anilines is 1. The molecule has 0 radical (unpaired) electrons. The number of rotatable bonds is 4. The topological polar surface area (TPSA) is 64.1 Å². The fourth-order valence-corrected chi connectivity index (χ4v) is 4.06. The molecule has 2 aromatic heterocycles. The molecular weight excluding hydrogens is 370 g/mol. The van der Waals surface area contributed by atoms with E-state index in [1.165, 1.54) is 11.3 Å². The SMILES string of the molecule is COc1ccccc1-c1cc(C)ncc1C(=O)Nc1nc2cccc(C)c2s1. The molecule has 0 saturated carbocycles. The van der Waals surface area contributed by atoms with Gasteiger partial charge in [0, 0.05) is 23.0 Å². The van der Waals surface area contributed by atoms with E-state index >= 15 is 0 Å². The average Bonchev–Trinajstić information content (AvgIpc) is 3.11. The first-order chi connectivity index (χ1) is 13.6. The molecule has 0 aliphatic rings. The molecule has 0 aliphatic carbocycles. The van der Waals surface area contributed by atoms with Gasteiger partial charge in [0.1, 0.15) is 5.75 Å². The molecule has 1 N–H and O–H groups in total. The largest absolute Gasteiger partial charge is 0.496 e. The second-order valence-corrected chi connectivity index (χ2v) is 7.47. The molecule has 0 fully saturated rings. The van der Waals surface area contributed by atoms with E-state index in [9.17, 15) is 4.79 Å². The van der Waals surface area contributed by atoms with Crippen LogP contribution in [-0.2, 0) is 0 Å². The van der Waals surface area contributed by atoms with Crippen molar-refractivity contribution in [1.29, 1.82) is 0 Å². The third kappa shape index (κ3) is 3.34. The summed E-state index contributed by atoms with van der Waals surface area (Å²) in [5.41, 5.74) is 4.95. The zero-order valence-corrected chi connectivity index (χ0v) is 16.6. The lowest BCUT2D eigenvalue weighted by Crippen LogP contribution is -2.14. The van der Waals surface area contributed by atoms with Crippen molar-refractivity contribution in [3.63, 3.8) is 0 Å². The van der Waals surface area contributed by atoms with Gasteiger partial charge in [-0.05, 0) is 37.6 Å². The predicted molar refractivity (Wildman–Crippen MR) is 113 cm³/mol. The molecule has 0 atom stereocenters. The first-order valence-corrected chi connectivity index (χ1v) is 9.66. The molecule has 4 rings (SSSR count). The van der Waals surface area contributed by atoms with Gasteiger partial charge in [0.15, 0.2) is 5.13 Å². The number of carbonyl (C=O) groups is 1. The lowest BCUT2D eigenvalue weighted by atomic mass is 9.99. The quantitative estimate of drug-likeness (QED) is 0.519. The Morgan fingerprint density at radius 2 is 1.89 bits per heavy atom. The number of ether oxygens (including phenoxy) is 1. The maximum absolute atomic E-state index is 13.1. The van der Waals surface area contributed by atoms with Crippen molar-refractivity contribution in [3.8, 4) is 16.9 Å². The van der Waals surface area contributed by atoms with E-state index in [0.29, 0.717) is 16.4 Å². The second kappa shape index (κ2) is 7.40. The van der Waals surface area contributed by atoms with E-state index in [2.05, 4.69) is 15.3 Å². The van der Waals surface area contributed by atoms with Crippen LogP contribution in [0.25, 0.3) is 21.3 Å². The van der Waals surface area contributed by atoms with Crippen molar-refractivity contribution in [2.24, 2.45) is 0 Å². The number of aromatic nitrogens is 2. The Bertz CT molecular complexity index is 1180. The van der Waals surface area contributed by atoms with Crippen LogP contribution in [0.1, 0.15) is 21.6 Å². The number of hydrogen-bond donors (Lipinski definition) is 1. The summed E-state index contributed by atoms with van der Waals surface area (Å²) in [6.45, 7) is 3.94. The molecule has 5 nitrogen and oxygen atoms in total. The van der Waals surface area contributed by atoms with Gasteiger partial charge in [-0.3, -0.25) is 15.1 Å².